The molecule has 1 aromatic carbocycles. The molecule has 0 bridgehead atoms. The first-order valence-corrected chi connectivity index (χ1v) is 7.42. The van der Waals surface area contributed by atoms with Crippen molar-refractivity contribution in [2.24, 2.45) is 0 Å². The smallest absolute Gasteiger partial charge is 0.130 e. The van der Waals surface area contributed by atoms with Gasteiger partial charge < -0.3 is 4.57 Å². The third-order valence-corrected chi connectivity index (χ3v) is 4.20. The number of aromatic nitrogens is 2. The molecule has 0 atom stereocenters. The topological polar surface area (TPSA) is 57.6 Å². The number of hydrogen-bond acceptors (Lipinski definition) is 2. The summed E-state index contributed by atoms with van der Waals surface area (Å²) in [4.78, 5) is 0. The molecule has 0 unspecified atom stereocenters. The van der Waals surface area contributed by atoms with Gasteiger partial charge in [-0.1, -0.05) is 29.8 Å². The second kappa shape index (κ2) is 5.46. The van der Waals surface area contributed by atoms with E-state index in [9.17, 15) is 0 Å². The molecule has 0 amide bonds. The Kier molecular flexibility index (Phi) is 3.62. The predicted molar refractivity (Wildman–Crippen MR) is 89.9 cm³/mol. The maximum atomic E-state index is 8.01. The number of benzene rings is 1. The largest absolute Gasteiger partial charge is 0.339 e. The highest BCUT2D eigenvalue weighted by molar-refractivity contribution is 6.31. The van der Waals surface area contributed by atoms with E-state index in [4.69, 9.17) is 22.4 Å². The van der Waals surface area contributed by atoms with Crippen molar-refractivity contribution in [3.63, 3.8) is 0 Å². The molecule has 0 fully saturated rings. The standard InChI is InChI=1S/C17H17ClN4/c1-11-9-16-15(7-8-17(20)22(16)12(2)19)21(11)10-13-5-3-4-6-14(13)18/h3-9,19-20H,10H2,1-2H3. The van der Waals surface area contributed by atoms with Crippen molar-refractivity contribution in [2.75, 3.05) is 0 Å². The van der Waals surface area contributed by atoms with Crippen LogP contribution in [0.25, 0.3) is 11.0 Å². The lowest BCUT2D eigenvalue weighted by molar-refractivity contribution is 0.804. The lowest BCUT2D eigenvalue weighted by Crippen LogP contribution is -2.24. The van der Waals surface area contributed by atoms with Gasteiger partial charge in [0.2, 0.25) is 0 Å². The Bertz CT molecular complexity index is 933. The second-order valence-electron chi connectivity index (χ2n) is 5.37. The van der Waals surface area contributed by atoms with Crippen LogP contribution in [-0.2, 0) is 6.54 Å². The first kappa shape index (κ1) is 14.6. The minimum absolute atomic E-state index is 0.315. The fraction of sp³-hybridized carbons (Fsp3) is 0.176. The predicted octanol–water partition coefficient (Wildman–Crippen LogP) is 3.78. The molecule has 0 saturated heterocycles. The van der Waals surface area contributed by atoms with Crippen LogP contribution >= 0.6 is 11.6 Å². The summed E-state index contributed by atoms with van der Waals surface area (Å²) >= 11 is 6.27. The second-order valence-corrected chi connectivity index (χ2v) is 5.78. The molecule has 2 N–H and O–H groups in total. The van der Waals surface area contributed by atoms with Gasteiger partial charge in [0.15, 0.2) is 0 Å². The van der Waals surface area contributed by atoms with Gasteiger partial charge in [-0.25, -0.2) is 0 Å². The minimum Gasteiger partial charge on any atom is -0.339 e. The van der Waals surface area contributed by atoms with Crippen LogP contribution < -0.4 is 5.49 Å². The van der Waals surface area contributed by atoms with Crippen molar-refractivity contribution in [1.82, 2.24) is 9.13 Å². The monoisotopic (exact) mass is 312 g/mol. The van der Waals surface area contributed by atoms with Crippen molar-refractivity contribution in [3.05, 3.63) is 64.2 Å². The van der Waals surface area contributed by atoms with Gasteiger partial charge >= 0.3 is 0 Å². The summed E-state index contributed by atoms with van der Waals surface area (Å²) in [6.45, 7) is 4.39. The molecule has 0 aliphatic heterocycles. The van der Waals surface area contributed by atoms with Gasteiger partial charge in [-0.3, -0.25) is 15.4 Å². The highest BCUT2D eigenvalue weighted by atomic mass is 35.5. The van der Waals surface area contributed by atoms with Crippen molar-refractivity contribution < 1.29 is 0 Å². The van der Waals surface area contributed by atoms with Crippen LogP contribution in [0.5, 0.6) is 0 Å². The van der Waals surface area contributed by atoms with E-state index in [-0.39, 0.29) is 0 Å². The Morgan fingerprint density at radius 3 is 2.55 bits per heavy atom. The fourth-order valence-electron chi connectivity index (χ4n) is 2.76. The zero-order valence-corrected chi connectivity index (χ0v) is 13.3. The summed E-state index contributed by atoms with van der Waals surface area (Å²) < 4.78 is 3.81. The molecule has 2 heterocycles. The molecule has 22 heavy (non-hydrogen) atoms. The van der Waals surface area contributed by atoms with Crippen LogP contribution in [0.1, 0.15) is 18.2 Å². The fourth-order valence-corrected chi connectivity index (χ4v) is 2.96. The SMILES string of the molecule is CC(=N)n1c(=N)ccc2c1cc(C)n2Cc1ccccc1Cl. The number of halogens is 1. The Hall–Kier alpha value is -2.33. The molecule has 112 valence electrons. The first-order chi connectivity index (χ1) is 10.5. The van der Waals surface area contributed by atoms with Gasteiger partial charge in [0, 0.05) is 17.3 Å². The molecular weight excluding hydrogens is 296 g/mol. The number of nitrogens with zero attached hydrogens (tertiary/aromatic N) is 2. The van der Waals surface area contributed by atoms with Crippen molar-refractivity contribution >= 4 is 28.5 Å². The third-order valence-electron chi connectivity index (χ3n) is 3.83. The van der Waals surface area contributed by atoms with Crippen molar-refractivity contribution in [1.29, 1.82) is 10.8 Å². The zero-order chi connectivity index (χ0) is 15.9. The number of pyridine rings is 1. The lowest BCUT2D eigenvalue weighted by atomic mass is 10.2. The molecule has 4 nitrogen and oxygen atoms in total. The number of fused-ring (bicyclic) bond motifs is 1. The number of hydrogen-bond donors (Lipinski definition) is 2. The molecule has 0 saturated carbocycles. The van der Waals surface area contributed by atoms with Crippen LogP contribution in [-0.4, -0.2) is 15.0 Å². The minimum atomic E-state index is 0.315. The van der Waals surface area contributed by atoms with Crippen LogP contribution in [0.4, 0.5) is 0 Å². The van der Waals surface area contributed by atoms with E-state index in [2.05, 4.69) is 4.57 Å². The summed E-state index contributed by atoms with van der Waals surface area (Å²) in [5.74, 6) is 0.338. The normalized spacial score (nSPS) is 11.0. The molecule has 2 aromatic heterocycles. The summed E-state index contributed by atoms with van der Waals surface area (Å²) in [5.41, 5.74) is 4.33. The summed E-state index contributed by atoms with van der Waals surface area (Å²) in [7, 11) is 0. The maximum Gasteiger partial charge on any atom is 0.130 e. The van der Waals surface area contributed by atoms with E-state index in [1.54, 1.807) is 17.6 Å². The molecule has 3 aromatic rings. The Labute approximate surface area is 133 Å². The van der Waals surface area contributed by atoms with E-state index < -0.39 is 0 Å². The average Bonchev–Trinajstić information content (AvgIpc) is 2.76. The van der Waals surface area contributed by atoms with Gasteiger partial charge in [-0.05, 0) is 43.7 Å². The lowest BCUT2D eigenvalue weighted by Gasteiger charge is -2.11. The Morgan fingerprint density at radius 2 is 1.86 bits per heavy atom. The molecule has 0 aliphatic rings. The molecule has 0 radical (unpaired) electrons. The molecular formula is C17H17ClN4. The van der Waals surface area contributed by atoms with E-state index in [1.807, 2.05) is 43.3 Å². The summed E-state index contributed by atoms with van der Waals surface area (Å²) in [5, 5.41) is 16.7. The van der Waals surface area contributed by atoms with E-state index >= 15 is 0 Å². The van der Waals surface area contributed by atoms with Crippen LogP contribution in [0.3, 0.4) is 0 Å². The Balaban J connectivity index is 2.22. The average molecular weight is 313 g/mol. The molecule has 0 spiro atoms. The highest BCUT2D eigenvalue weighted by Gasteiger charge is 2.11. The molecule has 0 aliphatic carbocycles. The third kappa shape index (κ3) is 2.35. The van der Waals surface area contributed by atoms with E-state index in [0.29, 0.717) is 17.9 Å². The van der Waals surface area contributed by atoms with Crippen molar-refractivity contribution in [2.45, 2.75) is 20.4 Å². The summed E-state index contributed by atoms with van der Waals surface area (Å²) in [6.07, 6.45) is 0. The van der Waals surface area contributed by atoms with Gasteiger partial charge in [0.25, 0.3) is 0 Å². The quantitative estimate of drug-likeness (QED) is 0.534. The van der Waals surface area contributed by atoms with E-state index in [0.717, 1.165) is 27.3 Å². The molecule has 5 heteroatoms. The number of nitrogens with one attached hydrogen (secondary N) is 2. The maximum absolute atomic E-state index is 8.01. The summed E-state index contributed by atoms with van der Waals surface area (Å²) in [6, 6.07) is 13.5. The zero-order valence-electron chi connectivity index (χ0n) is 12.5. The Morgan fingerprint density at radius 1 is 1.14 bits per heavy atom. The van der Waals surface area contributed by atoms with Gasteiger partial charge in [-0.2, -0.15) is 0 Å². The molecule has 3 rings (SSSR count). The van der Waals surface area contributed by atoms with Crippen LogP contribution in [0.2, 0.25) is 5.02 Å². The van der Waals surface area contributed by atoms with Gasteiger partial charge in [-0.15, -0.1) is 0 Å². The van der Waals surface area contributed by atoms with Crippen molar-refractivity contribution in [3.8, 4) is 0 Å². The van der Waals surface area contributed by atoms with Crippen LogP contribution in [0.15, 0.2) is 42.5 Å². The number of rotatable bonds is 2. The van der Waals surface area contributed by atoms with Crippen LogP contribution in [0, 0.1) is 17.7 Å². The van der Waals surface area contributed by atoms with Gasteiger partial charge in [0.05, 0.1) is 11.0 Å². The highest BCUT2D eigenvalue weighted by Crippen LogP contribution is 2.22. The first-order valence-electron chi connectivity index (χ1n) is 7.04. The van der Waals surface area contributed by atoms with Gasteiger partial charge in [0.1, 0.15) is 11.3 Å². The van der Waals surface area contributed by atoms with E-state index in [1.165, 1.54) is 0 Å². The number of aryl methyl sites for hydroxylation is 1.